The van der Waals surface area contributed by atoms with Crippen molar-refractivity contribution in [1.82, 2.24) is 5.32 Å². The summed E-state index contributed by atoms with van der Waals surface area (Å²) in [6, 6.07) is 9.34. The first kappa shape index (κ1) is 13.9. The van der Waals surface area contributed by atoms with Gasteiger partial charge in [0, 0.05) is 6.54 Å². The molecule has 1 fully saturated rings. The fourth-order valence-corrected chi connectivity index (χ4v) is 2.39. The van der Waals surface area contributed by atoms with E-state index in [0.29, 0.717) is 12.8 Å². The van der Waals surface area contributed by atoms with Crippen LogP contribution in [-0.2, 0) is 10.2 Å². The van der Waals surface area contributed by atoms with E-state index in [1.165, 1.54) is 0 Å². The van der Waals surface area contributed by atoms with Gasteiger partial charge >= 0.3 is 0 Å². The van der Waals surface area contributed by atoms with Gasteiger partial charge in [-0.25, -0.2) is 8.78 Å². The molecule has 0 aromatic heterocycles. The van der Waals surface area contributed by atoms with E-state index in [1.807, 2.05) is 30.3 Å². The molecular weight excluding hydrogens is 252 g/mol. The average molecular weight is 269 g/mol. The number of benzene rings is 1. The molecule has 2 N–H and O–H groups in total. The first-order valence-electron chi connectivity index (χ1n) is 6.36. The van der Waals surface area contributed by atoms with E-state index < -0.39 is 24.5 Å². The molecule has 1 aromatic rings. The van der Waals surface area contributed by atoms with Crippen LogP contribution in [0.3, 0.4) is 0 Å². The van der Waals surface area contributed by atoms with Crippen LogP contribution >= 0.6 is 0 Å². The summed E-state index contributed by atoms with van der Waals surface area (Å²) in [6.45, 7) is -0.412. The molecular formula is C14H17F2NO2. The Morgan fingerprint density at radius 2 is 1.95 bits per heavy atom. The molecule has 0 radical (unpaired) electrons. The minimum Gasteiger partial charge on any atom is -0.385 e. The number of carbonyl (C=O) groups is 1. The van der Waals surface area contributed by atoms with Crippen LogP contribution in [0.4, 0.5) is 8.78 Å². The van der Waals surface area contributed by atoms with E-state index in [-0.39, 0.29) is 5.91 Å². The zero-order valence-corrected chi connectivity index (χ0v) is 10.5. The number of hydrogen-bond acceptors (Lipinski definition) is 2. The highest BCUT2D eigenvalue weighted by atomic mass is 19.3. The van der Waals surface area contributed by atoms with Crippen LogP contribution in [0, 0.1) is 0 Å². The predicted octanol–water partition coefficient (Wildman–Crippen LogP) is 1.85. The highest BCUT2D eigenvalue weighted by Crippen LogP contribution is 2.43. The number of carbonyl (C=O) groups excluding carboxylic acids is 1. The average Bonchev–Trinajstić information content (AvgIpc) is 2.35. The van der Waals surface area contributed by atoms with E-state index in [0.717, 1.165) is 12.0 Å². The van der Waals surface area contributed by atoms with Gasteiger partial charge in [0.2, 0.25) is 5.91 Å². The molecule has 104 valence electrons. The van der Waals surface area contributed by atoms with Crippen molar-refractivity contribution in [3.63, 3.8) is 0 Å². The third-order valence-corrected chi connectivity index (χ3v) is 3.73. The summed E-state index contributed by atoms with van der Waals surface area (Å²) < 4.78 is 24.4. The smallest absolute Gasteiger partial charge is 0.265 e. The topological polar surface area (TPSA) is 49.3 Å². The van der Waals surface area contributed by atoms with Gasteiger partial charge in [0.15, 0.2) is 0 Å². The van der Waals surface area contributed by atoms with E-state index in [9.17, 15) is 13.6 Å². The fourth-order valence-electron chi connectivity index (χ4n) is 2.39. The van der Waals surface area contributed by atoms with Gasteiger partial charge in [0.25, 0.3) is 6.43 Å². The van der Waals surface area contributed by atoms with Crippen LogP contribution in [-0.4, -0.2) is 30.1 Å². The molecule has 3 nitrogen and oxygen atoms in total. The van der Waals surface area contributed by atoms with Gasteiger partial charge in [-0.2, -0.15) is 0 Å². The SMILES string of the molecule is O=C(NCC(O)C(F)F)C1(c2ccccc2)CCC1. The molecule has 1 aliphatic carbocycles. The summed E-state index contributed by atoms with van der Waals surface area (Å²) >= 11 is 0. The molecule has 0 aliphatic heterocycles. The van der Waals surface area contributed by atoms with Crippen molar-refractivity contribution in [3.05, 3.63) is 35.9 Å². The molecule has 1 unspecified atom stereocenters. The van der Waals surface area contributed by atoms with Crippen LogP contribution < -0.4 is 5.32 Å². The molecule has 0 bridgehead atoms. The first-order chi connectivity index (χ1) is 9.06. The van der Waals surface area contributed by atoms with Crippen molar-refractivity contribution in [1.29, 1.82) is 0 Å². The Kier molecular flexibility index (Phi) is 4.14. The summed E-state index contributed by atoms with van der Waals surface area (Å²) in [4.78, 5) is 12.2. The zero-order valence-electron chi connectivity index (χ0n) is 10.5. The van der Waals surface area contributed by atoms with Gasteiger partial charge in [0.1, 0.15) is 6.10 Å². The Morgan fingerprint density at radius 1 is 1.32 bits per heavy atom. The number of aliphatic hydroxyl groups is 1. The van der Waals surface area contributed by atoms with Crippen LogP contribution in [0.5, 0.6) is 0 Å². The Hall–Kier alpha value is -1.49. The summed E-state index contributed by atoms with van der Waals surface area (Å²) in [5.41, 5.74) is 0.300. The number of amides is 1. The summed E-state index contributed by atoms with van der Waals surface area (Å²) in [5, 5.41) is 11.5. The number of nitrogens with one attached hydrogen (secondary N) is 1. The minimum absolute atomic E-state index is 0.273. The molecule has 1 saturated carbocycles. The standard InChI is InChI=1S/C14H17F2NO2/c15-12(16)11(18)9-17-13(19)14(7-4-8-14)10-5-2-1-3-6-10/h1-3,5-6,11-12,18H,4,7-9H2,(H,17,19). The number of rotatable bonds is 5. The first-order valence-corrected chi connectivity index (χ1v) is 6.36. The number of aliphatic hydroxyl groups excluding tert-OH is 1. The van der Waals surface area contributed by atoms with Crippen molar-refractivity contribution >= 4 is 5.91 Å². The summed E-state index contributed by atoms with van der Waals surface area (Å²) in [5.74, 6) is -0.273. The van der Waals surface area contributed by atoms with Crippen LogP contribution in [0.2, 0.25) is 0 Å². The molecule has 1 aliphatic rings. The van der Waals surface area contributed by atoms with Crippen LogP contribution in [0.1, 0.15) is 24.8 Å². The molecule has 19 heavy (non-hydrogen) atoms. The predicted molar refractivity (Wildman–Crippen MR) is 67.0 cm³/mol. The summed E-state index contributed by atoms with van der Waals surface area (Å²) in [6.07, 6.45) is -2.27. The summed E-state index contributed by atoms with van der Waals surface area (Å²) in [7, 11) is 0. The molecule has 1 aromatic carbocycles. The monoisotopic (exact) mass is 269 g/mol. The molecule has 1 atom stereocenters. The third kappa shape index (κ3) is 2.76. The number of halogens is 2. The lowest BCUT2D eigenvalue weighted by atomic mass is 9.64. The van der Waals surface area contributed by atoms with Crippen molar-refractivity contribution in [3.8, 4) is 0 Å². The maximum Gasteiger partial charge on any atom is 0.265 e. The lowest BCUT2D eigenvalue weighted by molar-refractivity contribution is -0.131. The maximum absolute atomic E-state index is 12.2. The van der Waals surface area contributed by atoms with Crippen molar-refractivity contribution in [2.75, 3.05) is 6.54 Å². The Balaban J connectivity index is 2.04. The zero-order chi connectivity index (χ0) is 13.9. The largest absolute Gasteiger partial charge is 0.385 e. The van der Waals surface area contributed by atoms with Crippen LogP contribution in [0.25, 0.3) is 0 Å². The maximum atomic E-state index is 12.2. The normalized spacial score (nSPS) is 18.7. The Bertz CT molecular complexity index is 432. The molecule has 0 spiro atoms. The second-order valence-corrected chi connectivity index (χ2v) is 4.91. The number of alkyl halides is 2. The van der Waals surface area contributed by atoms with Gasteiger partial charge in [-0.05, 0) is 18.4 Å². The highest BCUT2D eigenvalue weighted by Gasteiger charge is 2.45. The molecule has 0 heterocycles. The lowest BCUT2D eigenvalue weighted by Gasteiger charge is -2.40. The van der Waals surface area contributed by atoms with Gasteiger partial charge < -0.3 is 10.4 Å². The van der Waals surface area contributed by atoms with Gasteiger partial charge in [-0.3, -0.25) is 4.79 Å². The quantitative estimate of drug-likeness (QED) is 0.857. The lowest BCUT2D eigenvalue weighted by Crippen LogP contribution is -2.51. The number of hydrogen-bond donors (Lipinski definition) is 2. The minimum atomic E-state index is -2.84. The third-order valence-electron chi connectivity index (χ3n) is 3.73. The van der Waals surface area contributed by atoms with E-state index in [4.69, 9.17) is 5.11 Å². The molecule has 2 rings (SSSR count). The van der Waals surface area contributed by atoms with E-state index >= 15 is 0 Å². The second kappa shape index (κ2) is 5.65. The molecule has 1 amide bonds. The Labute approximate surface area is 110 Å². The van der Waals surface area contributed by atoms with Gasteiger partial charge in [0.05, 0.1) is 5.41 Å². The van der Waals surface area contributed by atoms with Crippen molar-refractivity contribution in [2.45, 2.75) is 37.2 Å². The molecule has 5 heteroatoms. The van der Waals surface area contributed by atoms with Crippen molar-refractivity contribution in [2.24, 2.45) is 0 Å². The Morgan fingerprint density at radius 3 is 2.42 bits per heavy atom. The van der Waals surface area contributed by atoms with Crippen molar-refractivity contribution < 1.29 is 18.7 Å². The van der Waals surface area contributed by atoms with Crippen LogP contribution in [0.15, 0.2) is 30.3 Å². The van der Waals surface area contributed by atoms with E-state index in [1.54, 1.807) is 0 Å². The fraction of sp³-hybridized carbons (Fsp3) is 0.500. The van der Waals surface area contributed by atoms with Gasteiger partial charge in [-0.1, -0.05) is 36.8 Å². The highest BCUT2D eigenvalue weighted by molar-refractivity contribution is 5.89. The van der Waals surface area contributed by atoms with E-state index in [2.05, 4.69) is 5.32 Å². The second-order valence-electron chi connectivity index (χ2n) is 4.91. The van der Waals surface area contributed by atoms with Gasteiger partial charge in [-0.15, -0.1) is 0 Å². The molecule has 0 saturated heterocycles.